The van der Waals surface area contributed by atoms with Crippen LogP contribution in [-0.2, 0) is 9.53 Å². The van der Waals surface area contributed by atoms with Gasteiger partial charge in [0, 0.05) is 12.7 Å². The Bertz CT molecular complexity index is 320. The molecule has 0 saturated carbocycles. The number of unbranched alkanes of at least 4 members (excludes halogenated alkanes) is 1. The van der Waals surface area contributed by atoms with E-state index in [0.717, 1.165) is 12.8 Å². The van der Waals surface area contributed by atoms with Crippen molar-refractivity contribution < 1.29 is 23.8 Å². The summed E-state index contributed by atoms with van der Waals surface area (Å²) in [4.78, 5) is 11.5. The maximum atomic E-state index is 11.5. The van der Waals surface area contributed by atoms with E-state index in [4.69, 9.17) is 13.9 Å². The number of ether oxygens (including phenoxy) is 2. The first-order chi connectivity index (χ1) is 8.15. The summed E-state index contributed by atoms with van der Waals surface area (Å²) >= 11 is 0. The third-order valence-corrected chi connectivity index (χ3v) is 2.28. The van der Waals surface area contributed by atoms with E-state index in [-0.39, 0.29) is 5.75 Å². The second-order valence-electron chi connectivity index (χ2n) is 3.75. The van der Waals surface area contributed by atoms with E-state index < -0.39 is 18.2 Å². The van der Waals surface area contributed by atoms with E-state index in [9.17, 15) is 9.90 Å². The van der Waals surface area contributed by atoms with Crippen molar-refractivity contribution in [2.45, 2.75) is 38.9 Å². The van der Waals surface area contributed by atoms with Gasteiger partial charge in [-0.25, -0.2) is 4.79 Å². The van der Waals surface area contributed by atoms with Crippen molar-refractivity contribution in [1.29, 1.82) is 0 Å². The molecule has 0 fully saturated rings. The predicted molar refractivity (Wildman–Crippen MR) is 60.7 cm³/mol. The second kappa shape index (κ2) is 7.09. The second-order valence-corrected chi connectivity index (χ2v) is 3.75. The monoisotopic (exact) mass is 242 g/mol. The van der Waals surface area contributed by atoms with Crippen LogP contribution in [0, 0.1) is 0 Å². The Kier molecular flexibility index (Phi) is 5.72. The van der Waals surface area contributed by atoms with Crippen molar-refractivity contribution in [3.8, 4) is 5.75 Å². The van der Waals surface area contributed by atoms with Crippen LogP contribution in [0.2, 0.25) is 0 Å². The van der Waals surface area contributed by atoms with Gasteiger partial charge in [-0.15, -0.1) is 0 Å². The van der Waals surface area contributed by atoms with Gasteiger partial charge in [0.2, 0.25) is 0 Å². The molecule has 5 heteroatoms. The highest BCUT2D eigenvalue weighted by Gasteiger charge is 2.25. The number of hydrogen-bond donors (Lipinski definition) is 1. The molecule has 1 heterocycles. The van der Waals surface area contributed by atoms with E-state index in [0.29, 0.717) is 6.61 Å². The van der Waals surface area contributed by atoms with Crippen LogP contribution in [0.15, 0.2) is 23.0 Å². The molecule has 1 rings (SSSR count). The lowest BCUT2D eigenvalue weighted by Gasteiger charge is -2.17. The van der Waals surface area contributed by atoms with Crippen LogP contribution < -0.4 is 4.74 Å². The van der Waals surface area contributed by atoms with Crippen LogP contribution in [0.3, 0.4) is 0 Å². The van der Waals surface area contributed by atoms with Crippen molar-refractivity contribution in [1.82, 2.24) is 0 Å². The first-order valence-electron chi connectivity index (χ1n) is 5.68. The smallest absolute Gasteiger partial charge is 0.343 e. The number of carbonyl (C=O) groups is 1. The molecule has 96 valence electrons. The number of aliphatic hydroxyl groups is 1. The topological polar surface area (TPSA) is 68.9 Å². The van der Waals surface area contributed by atoms with Crippen molar-refractivity contribution in [2.75, 3.05) is 6.61 Å². The lowest BCUT2D eigenvalue weighted by Crippen LogP contribution is -2.37. The minimum absolute atomic E-state index is 0.273. The Balaban J connectivity index is 2.35. The maximum Gasteiger partial charge on any atom is 0.343 e. The van der Waals surface area contributed by atoms with E-state index in [1.165, 1.54) is 18.6 Å². The van der Waals surface area contributed by atoms with Crippen LogP contribution in [0.25, 0.3) is 0 Å². The molecule has 2 unspecified atom stereocenters. The molecule has 0 saturated heterocycles. The highest BCUT2D eigenvalue weighted by molar-refractivity contribution is 5.77. The Morgan fingerprint density at radius 2 is 2.35 bits per heavy atom. The summed E-state index contributed by atoms with van der Waals surface area (Å²) in [6.45, 7) is 4.20. The molecule has 0 aliphatic rings. The van der Waals surface area contributed by atoms with E-state index in [2.05, 4.69) is 0 Å². The predicted octanol–water partition coefficient (Wildman–Crippen LogP) is 1.75. The number of aliphatic hydroxyl groups excluding tert-OH is 1. The first-order valence-corrected chi connectivity index (χ1v) is 5.68. The molecule has 0 aliphatic heterocycles. The fourth-order valence-corrected chi connectivity index (χ4v) is 1.18. The Morgan fingerprint density at radius 3 is 2.94 bits per heavy atom. The molecule has 0 amide bonds. The maximum absolute atomic E-state index is 11.5. The molecule has 0 spiro atoms. The van der Waals surface area contributed by atoms with Gasteiger partial charge in [0.15, 0.2) is 11.9 Å². The minimum Gasteiger partial charge on any atom is -0.469 e. The molecule has 0 aliphatic carbocycles. The van der Waals surface area contributed by atoms with Crippen LogP contribution in [-0.4, -0.2) is 29.9 Å². The van der Waals surface area contributed by atoms with Gasteiger partial charge in [-0.1, -0.05) is 13.3 Å². The summed E-state index contributed by atoms with van der Waals surface area (Å²) in [5.41, 5.74) is 0. The zero-order valence-electron chi connectivity index (χ0n) is 10.1. The highest BCUT2D eigenvalue weighted by atomic mass is 16.6. The van der Waals surface area contributed by atoms with Gasteiger partial charge in [-0.3, -0.25) is 0 Å². The van der Waals surface area contributed by atoms with Gasteiger partial charge >= 0.3 is 5.97 Å². The SMILES string of the molecule is CCCCOC(C)C(O)C(=O)Oc1ccoc1. The number of carbonyl (C=O) groups excluding carboxylic acids is 1. The summed E-state index contributed by atoms with van der Waals surface area (Å²) in [5.74, 6) is -0.467. The molecule has 1 N–H and O–H groups in total. The third-order valence-electron chi connectivity index (χ3n) is 2.28. The molecule has 0 radical (unpaired) electrons. The molecule has 0 bridgehead atoms. The average Bonchev–Trinajstić information content (AvgIpc) is 2.81. The van der Waals surface area contributed by atoms with Gasteiger partial charge in [0.05, 0.1) is 12.4 Å². The van der Waals surface area contributed by atoms with Crippen molar-refractivity contribution in [3.05, 3.63) is 18.6 Å². The lowest BCUT2D eigenvalue weighted by atomic mass is 10.2. The standard InChI is InChI=1S/C12H18O5/c1-3-4-6-16-9(2)11(13)12(14)17-10-5-7-15-8-10/h5,7-9,11,13H,3-4,6H2,1-2H3. The number of furan rings is 1. The van der Waals surface area contributed by atoms with Crippen LogP contribution in [0.5, 0.6) is 5.75 Å². The Morgan fingerprint density at radius 1 is 1.59 bits per heavy atom. The molecular weight excluding hydrogens is 224 g/mol. The van der Waals surface area contributed by atoms with Crippen LogP contribution in [0.4, 0.5) is 0 Å². The zero-order valence-corrected chi connectivity index (χ0v) is 10.1. The van der Waals surface area contributed by atoms with E-state index in [1.54, 1.807) is 6.92 Å². The molecule has 0 aromatic carbocycles. The van der Waals surface area contributed by atoms with Crippen molar-refractivity contribution in [2.24, 2.45) is 0 Å². The van der Waals surface area contributed by atoms with Gasteiger partial charge < -0.3 is 19.0 Å². The normalized spacial score (nSPS) is 14.3. The van der Waals surface area contributed by atoms with Crippen molar-refractivity contribution in [3.63, 3.8) is 0 Å². The summed E-state index contributed by atoms with van der Waals surface area (Å²) in [5, 5.41) is 9.65. The van der Waals surface area contributed by atoms with Gasteiger partial charge in [0.25, 0.3) is 0 Å². The fourth-order valence-electron chi connectivity index (χ4n) is 1.18. The zero-order chi connectivity index (χ0) is 12.7. The average molecular weight is 242 g/mol. The summed E-state index contributed by atoms with van der Waals surface area (Å²) < 4.78 is 14.9. The molecule has 17 heavy (non-hydrogen) atoms. The number of esters is 1. The Hall–Kier alpha value is -1.33. The van der Waals surface area contributed by atoms with Gasteiger partial charge in [-0.2, -0.15) is 0 Å². The highest BCUT2D eigenvalue weighted by Crippen LogP contribution is 2.12. The quantitative estimate of drug-likeness (QED) is 0.582. The molecular formula is C12H18O5. The van der Waals surface area contributed by atoms with Gasteiger partial charge in [-0.05, 0) is 13.3 Å². The summed E-state index contributed by atoms with van der Waals surface area (Å²) in [6.07, 6.45) is 2.70. The Labute approximate surface area is 100 Å². The molecule has 5 nitrogen and oxygen atoms in total. The lowest BCUT2D eigenvalue weighted by molar-refractivity contribution is -0.151. The van der Waals surface area contributed by atoms with Crippen LogP contribution >= 0.6 is 0 Å². The summed E-state index contributed by atoms with van der Waals surface area (Å²) in [7, 11) is 0. The first kappa shape index (κ1) is 13.7. The van der Waals surface area contributed by atoms with E-state index in [1.807, 2.05) is 6.92 Å². The minimum atomic E-state index is -1.29. The molecule has 1 aromatic rings. The molecule has 2 atom stereocenters. The van der Waals surface area contributed by atoms with Crippen LogP contribution in [0.1, 0.15) is 26.7 Å². The largest absolute Gasteiger partial charge is 0.469 e. The fraction of sp³-hybridized carbons (Fsp3) is 0.583. The van der Waals surface area contributed by atoms with E-state index >= 15 is 0 Å². The molecule has 1 aromatic heterocycles. The third kappa shape index (κ3) is 4.58. The summed E-state index contributed by atoms with van der Waals surface area (Å²) in [6, 6.07) is 1.49. The van der Waals surface area contributed by atoms with Crippen molar-refractivity contribution >= 4 is 5.97 Å². The van der Waals surface area contributed by atoms with Gasteiger partial charge in [0.1, 0.15) is 6.26 Å². The number of hydrogen-bond acceptors (Lipinski definition) is 5. The number of rotatable bonds is 7.